The zero-order valence-corrected chi connectivity index (χ0v) is 23.1. The van der Waals surface area contributed by atoms with Crippen LogP contribution in [0.15, 0.2) is 52.7 Å². The van der Waals surface area contributed by atoms with E-state index >= 15 is 8.78 Å². The predicted octanol–water partition coefficient (Wildman–Crippen LogP) is 9.12. The number of ether oxygens (including phenoxy) is 1. The molecule has 1 nitrogen and oxygen atoms in total. The molecule has 31 heavy (non-hydrogen) atoms. The Morgan fingerprint density at radius 1 is 0.903 bits per heavy atom. The van der Waals surface area contributed by atoms with Crippen LogP contribution < -0.4 is 0 Å². The standard InChI is InChI=1S/C15H17F2O.3C4H9.Sn/c1-3-5-11-15(16,17)14(4-2)18-12-13-9-7-6-8-10-13;3*1-3-4-2;/h2,4-11,14H,3,12H2,1H3;3*1,3-4H2,2H3;/b4-2?,11-5+;;;;. The Kier molecular flexibility index (Phi) is 14.6. The summed E-state index contributed by atoms with van der Waals surface area (Å²) in [6, 6.07) is 9.61. The molecule has 1 rings (SSSR count). The molecule has 1 unspecified atom stereocenters. The van der Waals surface area contributed by atoms with Crippen LogP contribution >= 0.6 is 0 Å². The molecule has 0 aliphatic carbocycles. The Morgan fingerprint density at radius 2 is 1.45 bits per heavy atom. The Bertz CT molecular complexity index is 606. The van der Waals surface area contributed by atoms with Crippen molar-refractivity contribution >= 4 is 18.4 Å². The molecule has 0 heterocycles. The summed E-state index contributed by atoms with van der Waals surface area (Å²) in [5, 5.41) is 0. The molecule has 4 heteroatoms. The van der Waals surface area contributed by atoms with E-state index in [4.69, 9.17) is 4.74 Å². The molecule has 0 amide bonds. The summed E-state index contributed by atoms with van der Waals surface area (Å²) < 4.78 is 42.1. The van der Waals surface area contributed by atoms with Crippen molar-refractivity contribution in [3.8, 4) is 0 Å². The van der Waals surface area contributed by atoms with E-state index in [9.17, 15) is 0 Å². The molecule has 1 aromatic carbocycles. The molecule has 0 saturated heterocycles. The molecule has 0 spiro atoms. The van der Waals surface area contributed by atoms with Gasteiger partial charge in [0.15, 0.2) is 0 Å². The van der Waals surface area contributed by atoms with Crippen LogP contribution in [0.1, 0.15) is 78.2 Å². The van der Waals surface area contributed by atoms with Crippen molar-refractivity contribution in [3.63, 3.8) is 0 Å². The van der Waals surface area contributed by atoms with Crippen molar-refractivity contribution in [3.05, 3.63) is 58.2 Å². The van der Waals surface area contributed by atoms with Gasteiger partial charge in [-0.25, -0.2) is 0 Å². The Morgan fingerprint density at radius 3 is 1.94 bits per heavy atom. The van der Waals surface area contributed by atoms with Gasteiger partial charge in [-0.15, -0.1) is 0 Å². The second-order valence-corrected chi connectivity index (χ2v) is 21.7. The number of hydrogen-bond donors (Lipinski definition) is 0. The third-order valence-electron chi connectivity index (χ3n) is 5.94. The molecule has 1 aromatic rings. The minimum atomic E-state index is -3.00. The predicted molar refractivity (Wildman–Crippen MR) is 133 cm³/mol. The number of allylic oxidation sites excluding steroid dienone is 1. The summed E-state index contributed by atoms with van der Waals surface area (Å²) in [5.41, 5.74) is 0.925. The molecule has 176 valence electrons. The van der Waals surface area contributed by atoms with Crippen LogP contribution in [0.4, 0.5) is 8.78 Å². The van der Waals surface area contributed by atoms with E-state index in [0.29, 0.717) is 6.42 Å². The molecule has 1 atom stereocenters. The molecule has 0 radical (unpaired) electrons. The number of hydrogen-bond acceptors (Lipinski definition) is 1. The summed E-state index contributed by atoms with van der Waals surface area (Å²) in [6.07, 6.45) is 10.9. The first-order chi connectivity index (χ1) is 14.9. The first-order valence-electron chi connectivity index (χ1n) is 12.3. The van der Waals surface area contributed by atoms with Crippen LogP contribution in [-0.4, -0.2) is 30.4 Å². The Hall–Kier alpha value is -0.681. The van der Waals surface area contributed by atoms with E-state index < -0.39 is 30.4 Å². The van der Waals surface area contributed by atoms with Gasteiger partial charge in [-0.2, -0.15) is 0 Å². The molecule has 0 bridgehead atoms. The monoisotopic (exact) mass is 542 g/mol. The summed E-state index contributed by atoms with van der Waals surface area (Å²) in [4.78, 5) is 0. The Labute approximate surface area is 194 Å². The van der Waals surface area contributed by atoms with Crippen molar-refractivity contribution in [2.75, 3.05) is 0 Å². The van der Waals surface area contributed by atoms with Crippen molar-refractivity contribution < 1.29 is 13.5 Å². The van der Waals surface area contributed by atoms with Gasteiger partial charge in [-0.3, -0.25) is 0 Å². The van der Waals surface area contributed by atoms with Gasteiger partial charge in [-0.1, -0.05) is 0 Å². The quantitative estimate of drug-likeness (QED) is 0.141. The third kappa shape index (κ3) is 11.1. The minimum absolute atomic E-state index is 0.201. The van der Waals surface area contributed by atoms with Gasteiger partial charge in [0, 0.05) is 0 Å². The van der Waals surface area contributed by atoms with Gasteiger partial charge in [0.05, 0.1) is 0 Å². The van der Waals surface area contributed by atoms with Crippen molar-refractivity contribution in [1.82, 2.24) is 0 Å². The number of alkyl halides is 2. The fourth-order valence-electron chi connectivity index (χ4n) is 3.93. The summed E-state index contributed by atoms with van der Waals surface area (Å²) >= 11 is -2.65. The van der Waals surface area contributed by atoms with E-state index in [2.05, 4.69) is 24.9 Å². The zero-order chi connectivity index (χ0) is 23.0. The van der Waals surface area contributed by atoms with Crippen LogP contribution in [-0.2, 0) is 11.3 Å². The van der Waals surface area contributed by atoms with Gasteiger partial charge in [0.1, 0.15) is 0 Å². The number of benzene rings is 1. The summed E-state index contributed by atoms with van der Waals surface area (Å²) in [5.74, 6) is -3.00. The van der Waals surface area contributed by atoms with Crippen LogP contribution in [0.3, 0.4) is 0 Å². The second kappa shape index (κ2) is 16.0. The van der Waals surface area contributed by atoms with E-state index in [1.54, 1.807) is 12.2 Å². The van der Waals surface area contributed by atoms with E-state index in [-0.39, 0.29) is 6.61 Å². The first kappa shape index (κ1) is 28.4. The average molecular weight is 541 g/mol. The van der Waals surface area contributed by atoms with Gasteiger partial charge in [0.25, 0.3) is 0 Å². The van der Waals surface area contributed by atoms with Crippen LogP contribution in [0.25, 0.3) is 0 Å². The molecule has 0 aliphatic heterocycles. The molecule has 0 aromatic heterocycles. The number of halogens is 2. The number of rotatable bonds is 17. The topological polar surface area (TPSA) is 9.23 Å². The molecule has 0 saturated carbocycles. The second-order valence-electron chi connectivity index (χ2n) is 8.73. The molecular formula is C27H44F2OSn. The first-order valence-corrected chi connectivity index (χ1v) is 20.0. The maximum atomic E-state index is 15.1. The van der Waals surface area contributed by atoms with Crippen LogP contribution in [0, 0.1) is 0 Å². The maximum absolute atomic E-state index is 15.1. The fourth-order valence-corrected chi connectivity index (χ4v) is 18.2. The van der Waals surface area contributed by atoms with E-state index in [0.717, 1.165) is 11.6 Å². The van der Waals surface area contributed by atoms with E-state index in [1.165, 1.54) is 51.8 Å². The molecule has 0 fully saturated rings. The Balaban J connectivity index is 3.16. The SMILES string of the molecule is CC/C=C/C(F)(F)C(/C=[CH]/[Sn]([CH2]CCC)([CH2]CCC)[CH2]CCC)OCc1ccccc1. The van der Waals surface area contributed by atoms with Gasteiger partial charge >= 0.3 is 195 Å². The van der Waals surface area contributed by atoms with Crippen LogP contribution in [0.2, 0.25) is 13.3 Å². The van der Waals surface area contributed by atoms with Gasteiger partial charge in [-0.05, 0) is 0 Å². The van der Waals surface area contributed by atoms with Crippen molar-refractivity contribution in [1.29, 1.82) is 0 Å². The summed E-state index contributed by atoms with van der Waals surface area (Å²) in [6.45, 7) is 8.77. The van der Waals surface area contributed by atoms with Crippen molar-refractivity contribution in [2.45, 2.75) is 105 Å². The molecule has 0 N–H and O–H groups in total. The zero-order valence-electron chi connectivity index (χ0n) is 20.2. The van der Waals surface area contributed by atoms with Gasteiger partial charge in [0.2, 0.25) is 0 Å². The average Bonchev–Trinajstić information content (AvgIpc) is 2.78. The fraction of sp³-hybridized carbons (Fsp3) is 0.630. The normalized spacial score (nSPS) is 14.0. The number of unbranched alkanes of at least 4 members (excludes halogenated alkanes) is 3. The van der Waals surface area contributed by atoms with Crippen LogP contribution in [0.5, 0.6) is 0 Å². The van der Waals surface area contributed by atoms with E-state index in [1.807, 2.05) is 37.3 Å². The third-order valence-corrected chi connectivity index (χ3v) is 20.1. The van der Waals surface area contributed by atoms with Gasteiger partial charge < -0.3 is 0 Å². The molecular weight excluding hydrogens is 497 g/mol. The van der Waals surface area contributed by atoms with Crippen molar-refractivity contribution in [2.24, 2.45) is 0 Å². The molecule has 0 aliphatic rings. The summed E-state index contributed by atoms with van der Waals surface area (Å²) in [7, 11) is 0.